The van der Waals surface area contributed by atoms with Gasteiger partial charge in [-0.1, -0.05) is 11.6 Å². The summed E-state index contributed by atoms with van der Waals surface area (Å²) in [6.07, 6.45) is 3.63. The summed E-state index contributed by atoms with van der Waals surface area (Å²) in [6, 6.07) is 3.71. The fourth-order valence-corrected chi connectivity index (χ4v) is 5.50. The van der Waals surface area contributed by atoms with E-state index in [4.69, 9.17) is 21.1 Å². The maximum absolute atomic E-state index is 10.8. The summed E-state index contributed by atoms with van der Waals surface area (Å²) in [5.41, 5.74) is 0.808. The Morgan fingerprint density at radius 3 is 2.38 bits per heavy atom. The molecule has 5 unspecified atom stereocenters. The number of methoxy groups -OCH3 is 2. The predicted octanol–water partition coefficient (Wildman–Crippen LogP) is 3.68. The van der Waals surface area contributed by atoms with E-state index >= 15 is 0 Å². The van der Waals surface area contributed by atoms with Gasteiger partial charge in [0, 0.05) is 5.56 Å². The molecule has 114 valence electrons. The van der Waals surface area contributed by atoms with Gasteiger partial charge in [0.1, 0.15) is 16.5 Å². The number of ether oxygens (including phenoxy) is 2. The SMILES string of the molecule is COc1ccc(C(O)C2C3C4CCC(C4)C32)c(OC)c1Cl. The summed E-state index contributed by atoms with van der Waals surface area (Å²) in [5.74, 6) is 4.68. The van der Waals surface area contributed by atoms with E-state index in [1.807, 2.05) is 12.1 Å². The molecular formula is C17H21ClO3. The van der Waals surface area contributed by atoms with Crippen molar-refractivity contribution in [3.05, 3.63) is 22.7 Å². The van der Waals surface area contributed by atoms with Crippen molar-refractivity contribution in [1.29, 1.82) is 0 Å². The Labute approximate surface area is 130 Å². The number of aliphatic hydroxyl groups excluding tert-OH is 1. The number of hydrogen-bond donors (Lipinski definition) is 1. The first-order chi connectivity index (χ1) is 10.2. The van der Waals surface area contributed by atoms with Crippen LogP contribution < -0.4 is 9.47 Å². The van der Waals surface area contributed by atoms with Crippen LogP contribution in [0.3, 0.4) is 0 Å². The van der Waals surface area contributed by atoms with Gasteiger partial charge in [-0.25, -0.2) is 0 Å². The zero-order valence-electron chi connectivity index (χ0n) is 12.4. The van der Waals surface area contributed by atoms with Crippen LogP contribution in [0.2, 0.25) is 5.02 Å². The van der Waals surface area contributed by atoms with Gasteiger partial charge in [-0.2, -0.15) is 0 Å². The van der Waals surface area contributed by atoms with Crippen LogP contribution in [-0.2, 0) is 0 Å². The van der Waals surface area contributed by atoms with Crippen molar-refractivity contribution < 1.29 is 14.6 Å². The van der Waals surface area contributed by atoms with E-state index in [2.05, 4.69) is 0 Å². The molecule has 0 aromatic heterocycles. The molecule has 0 amide bonds. The summed E-state index contributed by atoms with van der Waals surface area (Å²) >= 11 is 6.31. The number of aliphatic hydroxyl groups is 1. The Kier molecular flexibility index (Phi) is 3.13. The second-order valence-corrected chi connectivity index (χ2v) is 7.09. The molecule has 0 radical (unpaired) electrons. The minimum absolute atomic E-state index is 0.398. The fourth-order valence-electron chi connectivity index (χ4n) is 5.17. The van der Waals surface area contributed by atoms with Crippen molar-refractivity contribution in [2.75, 3.05) is 14.2 Å². The molecule has 3 saturated carbocycles. The van der Waals surface area contributed by atoms with Crippen LogP contribution in [-0.4, -0.2) is 19.3 Å². The highest BCUT2D eigenvalue weighted by molar-refractivity contribution is 6.33. The van der Waals surface area contributed by atoms with Gasteiger partial charge in [0.15, 0.2) is 0 Å². The standard InChI is InChI=1S/C17H21ClO3/c1-20-11-6-5-10(17(21-2)15(11)18)16(19)14-12-8-3-4-9(7-8)13(12)14/h5-6,8-9,12-14,16,19H,3-4,7H2,1-2H3. The van der Waals surface area contributed by atoms with E-state index in [1.54, 1.807) is 14.2 Å². The Balaban J connectivity index is 1.64. The summed E-state index contributed by atoms with van der Waals surface area (Å²) in [4.78, 5) is 0. The van der Waals surface area contributed by atoms with Crippen molar-refractivity contribution in [2.24, 2.45) is 29.6 Å². The summed E-state index contributed by atoms with van der Waals surface area (Å²) < 4.78 is 10.7. The van der Waals surface area contributed by atoms with E-state index in [0.29, 0.717) is 22.4 Å². The van der Waals surface area contributed by atoms with E-state index in [9.17, 15) is 5.11 Å². The molecule has 3 nitrogen and oxygen atoms in total. The molecule has 1 N–H and O–H groups in total. The van der Waals surface area contributed by atoms with Gasteiger partial charge in [0.2, 0.25) is 0 Å². The van der Waals surface area contributed by atoms with E-state index in [-0.39, 0.29) is 0 Å². The van der Waals surface area contributed by atoms with Crippen molar-refractivity contribution in [2.45, 2.75) is 25.4 Å². The molecule has 5 atom stereocenters. The zero-order valence-corrected chi connectivity index (χ0v) is 13.1. The quantitative estimate of drug-likeness (QED) is 0.922. The average molecular weight is 309 g/mol. The van der Waals surface area contributed by atoms with Crippen LogP contribution in [0.4, 0.5) is 0 Å². The summed E-state index contributed by atoms with van der Waals surface area (Å²) in [5, 5.41) is 11.3. The summed E-state index contributed by atoms with van der Waals surface area (Å²) in [7, 11) is 3.17. The van der Waals surface area contributed by atoms with Gasteiger partial charge in [-0.05, 0) is 61.0 Å². The van der Waals surface area contributed by atoms with Gasteiger partial charge in [0.25, 0.3) is 0 Å². The van der Waals surface area contributed by atoms with Crippen LogP contribution in [0.25, 0.3) is 0 Å². The molecule has 4 heteroatoms. The molecule has 0 spiro atoms. The molecule has 21 heavy (non-hydrogen) atoms. The van der Waals surface area contributed by atoms with Crippen LogP contribution in [0, 0.1) is 29.6 Å². The highest BCUT2D eigenvalue weighted by Crippen LogP contribution is 2.72. The van der Waals surface area contributed by atoms with Gasteiger partial charge in [0.05, 0.1) is 20.3 Å². The second-order valence-electron chi connectivity index (χ2n) is 6.71. The first-order valence-corrected chi connectivity index (χ1v) is 8.13. The lowest BCUT2D eigenvalue weighted by Gasteiger charge is -2.20. The molecule has 4 rings (SSSR count). The molecule has 0 heterocycles. The fraction of sp³-hybridized carbons (Fsp3) is 0.647. The minimum Gasteiger partial charge on any atom is -0.495 e. The first kappa shape index (κ1) is 13.7. The predicted molar refractivity (Wildman–Crippen MR) is 80.8 cm³/mol. The average Bonchev–Trinajstić information content (AvgIpc) is 2.93. The van der Waals surface area contributed by atoms with E-state index in [1.165, 1.54) is 19.3 Å². The van der Waals surface area contributed by atoms with Gasteiger partial charge in [-0.3, -0.25) is 0 Å². The molecule has 3 aliphatic carbocycles. The Hall–Kier alpha value is -0.930. The monoisotopic (exact) mass is 308 g/mol. The van der Waals surface area contributed by atoms with Gasteiger partial charge < -0.3 is 14.6 Å². The number of benzene rings is 1. The third kappa shape index (κ3) is 1.83. The smallest absolute Gasteiger partial charge is 0.147 e. The van der Waals surface area contributed by atoms with Crippen molar-refractivity contribution >= 4 is 11.6 Å². The Bertz CT molecular complexity index is 557. The lowest BCUT2D eigenvalue weighted by molar-refractivity contribution is 0.126. The summed E-state index contributed by atoms with van der Waals surface area (Å²) in [6.45, 7) is 0. The Morgan fingerprint density at radius 2 is 1.81 bits per heavy atom. The zero-order chi connectivity index (χ0) is 14.7. The van der Waals surface area contributed by atoms with Gasteiger partial charge >= 0.3 is 0 Å². The molecule has 1 aromatic carbocycles. The van der Waals surface area contributed by atoms with E-state index < -0.39 is 6.10 Å². The molecule has 1 aromatic rings. The van der Waals surface area contributed by atoms with Gasteiger partial charge in [-0.15, -0.1) is 0 Å². The van der Waals surface area contributed by atoms with E-state index in [0.717, 1.165) is 29.2 Å². The highest BCUT2D eigenvalue weighted by Gasteiger charge is 2.67. The van der Waals surface area contributed by atoms with Crippen molar-refractivity contribution in [3.63, 3.8) is 0 Å². The van der Waals surface area contributed by atoms with Crippen LogP contribution >= 0.6 is 11.6 Å². The molecule has 0 saturated heterocycles. The molecular weight excluding hydrogens is 288 g/mol. The van der Waals surface area contributed by atoms with Crippen molar-refractivity contribution in [1.82, 2.24) is 0 Å². The van der Waals surface area contributed by atoms with Crippen molar-refractivity contribution in [3.8, 4) is 11.5 Å². The lowest BCUT2D eigenvalue weighted by atomic mass is 9.94. The largest absolute Gasteiger partial charge is 0.495 e. The first-order valence-electron chi connectivity index (χ1n) is 7.75. The number of hydrogen-bond acceptors (Lipinski definition) is 3. The van der Waals surface area contributed by atoms with Crippen LogP contribution in [0.1, 0.15) is 30.9 Å². The maximum atomic E-state index is 10.8. The van der Waals surface area contributed by atoms with Crippen LogP contribution in [0.5, 0.6) is 11.5 Å². The maximum Gasteiger partial charge on any atom is 0.147 e. The number of halogens is 1. The highest BCUT2D eigenvalue weighted by atomic mass is 35.5. The minimum atomic E-state index is -0.471. The normalized spacial score (nSPS) is 37.2. The molecule has 0 aliphatic heterocycles. The molecule has 3 aliphatic rings. The Morgan fingerprint density at radius 1 is 1.14 bits per heavy atom. The molecule has 3 fully saturated rings. The van der Waals surface area contributed by atoms with Crippen LogP contribution in [0.15, 0.2) is 12.1 Å². The third-order valence-corrected chi connectivity index (χ3v) is 6.35. The molecule has 2 bridgehead atoms. The third-order valence-electron chi connectivity index (χ3n) is 5.99. The lowest BCUT2D eigenvalue weighted by Crippen LogP contribution is -2.10. The topological polar surface area (TPSA) is 38.7 Å². The number of rotatable bonds is 4. The second kappa shape index (κ2) is 4.79. The number of fused-ring (bicyclic) bond motifs is 5.